The monoisotopic (exact) mass is 1010 g/mol. The van der Waals surface area contributed by atoms with Gasteiger partial charge >= 0.3 is 0 Å². The number of amides is 1. The number of aliphatic hydroxyl groups is 10. The van der Waals surface area contributed by atoms with Crippen molar-refractivity contribution in [1.82, 2.24) is 5.32 Å². The minimum Gasteiger partial charge on any atom is -0.394 e. The minimum absolute atomic E-state index is 0.204. The van der Waals surface area contributed by atoms with E-state index in [0.29, 0.717) is 12.8 Å². The lowest BCUT2D eigenvalue weighted by molar-refractivity contribution is -0.332. The quantitative estimate of drug-likeness (QED) is 0.0291. The van der Waals surface area contributed by atoms with Crippen molar-refractivity contribution in [2.24, 2.45) is 0 Å². The first kappa shape index (κ1) is 65.0. The van der Waals surface area contributed by atoms with E-state index >= 15 is 0 Å². The van der Waals surface area contributed by atoms with Gasteiger partial charge in [0.1, 0.15) is 61.0 Å². The molecule has 0 unspecified atom stereocenters. The van der Waals surface area contributed by atoms with Gasteiger partial charge in [0.15, 0.2) is 12.6 Å². The second kappa shape index (κ2) is 41.2. The fourth-order valence-electron chi connectivity index (χ4n) is 9.77. The SMILES string of the molecule is CCCCCCCCCCCCCCCCCCC[C@@H](O)C(=O)N[C@@H](CO[C@H]1O[C@H](CO)[C@H](O)[C@H](O[C@@H]2O[C@@H]([C@H](O)CO)[C@H](O)[C@H]2O)[C@H]1O)[C@H](O)[C@H](O)CCCCCCCCCCCCCCCCC. The molecular weight excluding hydrogens is 903 g/mol. The molecule has 2 heterocycles. The summed E-state index contributed by atoms with van der Waals surface area (Å²) in [5.41, 5.74) is 0. The third-order valence-corrected chi connectivity index (χ3v) is 14.5. The molecule has 0 aromatic rings. The van der Waals surface area contributed by atoms with Gasteiger partial charge in [0.2, 0.25) is 5.91 Å². The maximum absolute atomic E-state index is 13.4. The smallest absolute Gasteiger partial charge is 0.249 e. The van der Waals surface area contributed by atoms with Crippen LogP contribution in [0.1, 0.15) is 232 Å². The first-order valence-electron chi connectivity index (χ1n) is 28.5. The molecule has 16 heteroatoms. The molecule has 0 saturated carbocycles. The lowest BCUT2D eigenvalue weighted by Crippen LogP contribution is -2.62. The molecule has 14 atom stereocenters. The number of ether oxygens (including phenoxy) is 4. The van der Waals surface area contributed by atoms with Crippen LogP contribution in [0.5, 0.6) is 0 Å². The molecule has 2 rings (SSSR count). The fraction of sp³-hybridized carbons (Fsp3) is 0.981. The van der Waals surface area contributed by atoms with E-state index in [1.165, 1.54) is 148 Å². The standard InChI is InChI=1S/C54H105NO15/c1-3-5-7-9-11-13-15-17-19-20-22-24-26-28-30-32-34-36-42(59)52(66)55-40(45(61)41(58)35-33-31-29-27-25-23-21-18-16-14-12-10-8-6-4-2)39-67-53-49(65)51(46(62)44(38-57)68-53)70-54-48(64)47(63)50(69-54)43(60)37-56/h40-51,53-54,56-65H,3-39H2,1-2H3,(H,55,66)/t40-,41+,42+,43+,44+,45-,46-,47+,48+,49+,50-,51-,53-,54-/m0/s1. The van der Waals surface area contributed by atoms with Gasteiger partial charge in [-0.1, -0.05) is 219 Å². The van der Waals surface area contributed by atoms with Crippen molar-refractivity contribution in [3.8, 4) is 0 Å². The van der Waals surface area contributed by atoms with Gasteiger partial charge in [0.25, 0.3) is 0 Å². The zero-order valence-electron chi connectivity index (χ0n) is 43.8. The third-order valence-electron chi connectivity index (χ3n) is 14.5. The summed E-state index contributed by atoms with van der Waals surface area (Å²) in [6, 6.07) is -1.28. The van der Waals surface area contributed by atoms with Crippen LogP contribution in [0, 0.1) is 0 Å². The Hall–Kier alpha value is -1.09. The van der Waals surface area contributed by atoms with Crippen LogP contribution in [0.2, 0.25) is 0 Å². The molecule has 0 aromatic heterocycles. The molecule has 0 aromatic carbocycles. The van der Waals surface area contributed by atoms with Crippen LogP contribution in [0.15, 0.2) is 0 Å². The number of unbranched alkanes of at least 4 members (excludes halogenated alkanes) is 30. The van der Waals surface area contributed by atoms with Gasteiger partial charge in [-0.05, 0) is 12.8 Å². The molecule has 2 aliphatic heterocycles. The van der Waals surface area contributed by atoms with Gasteiger partial charge in [0.05, 0.1) is 32.0 Å². The van der Waals surface area contributed by atoms with E-state index in [0.717, 1.165) is 44.9 Å². The maximum atomic E-state index is 13.4. The van der Waals surface area contributed by atoms with E-state index in [2.05, 4.69) is 19.2 Å². The van der Waals surface area contributed by atoms with Crippen LogP contribution in [0.3, 0.4) is 0 Å². The fourth-order valence-corrected chi connectivity index (χ4v) is 9.77. The Kier molecular flexibility index (Phi) is 38.3. The summed E-state index contributed by atoms with van der Waals surface area (Å²) in [7, 11) is 0. The van der Waals surface area contributed by atoms with E-state index in [1.54, 1.807) is 0 Å². The second-order valence-corrected chi connectivity index (χ2v) is 20.7. The van der Waals surface area contributed by atoms with Crippen molar-refractivity contribution >= 4 is 5.91 Å². The van der Waals surface area contributed by atoms with Crippen LogP contribution in [0.4, 0.5) is 0 Å². The van der Waals surface area contributed by atoms with Gasteiger partial charge in [-0.15, -0.1) is 0 Å². The van der Waals surface area contributed by atoms with Crippen LogP contribution in [-0.2, 0) is 23.7 Å². The molecule has 2 saturated heterocycles. The van der Waals surface area contributed by atoms with Gasteiger partial charge < -0.3 is 75.3 Å². The topological polar surface area (TPSA) is 268 Å². The number of hydrogen-bond acceptors (Lipinski definition) is 15. The molecule has 11 N–H and O–H groups in total. The summed E-state index contributed by atoms with van der Waals surface area (Å²) in [5, 5.41) is 109. The Morgan fingerprint density at radius 3 is 1.34 bits per heavy atom. The summed E-state index contributed by atoms with van der Waals surface area (Å²) in [4.78, 5) is 13.4. The zero-order valence-corrected chi connectivity index (χ0v) is 43.8. The maximum Gasteiger partial charge on any atom is 0.249 e. The number of nitrogens with one attached hydrogen (secondary N) is 1. The summed E-state index contributed by atoms with van der Waals surface area (Å²) >= 11 is 0. The van der Waals surface area contributed by atoms with E-state index in [9.17, 15) is 55.9 Å². The summed E-state index contributed by atoms with van der Waals surface area (Å²) in [6.45, 7) is 2.40. The molecule has 70 heavy (non-hydrogen) atoms. The van der Waals surface area contributed by atoms with Crippen molar-refractivity contribution in [1.29, 1.82) is 0 Å². The number of carbonyl (C=O) groups excluding carboxylic acids is 1. The molecule has 0 aliphatic carbocycles. The predicted molar refractivity (Wildman–Crippen MR) is 271 cm³/mol. The lowest BCUT2D eigenvalue weighted by atomic mass is 9.98. The molecule has 0 bridgehead atoms. The molecule has 1 amide bonds. The highest BCUT2D eigenvalue weighted by molar-refractivity contribution is 5.80. The highest BCUT2D eigenvalue weighted by atomic mass is 16.7. The Morgan fingerprint density at radius 1 is 0.514 bits per heavy atom. The lowest BCUT2D eigenvalue weighted by Gasteiger charge is -2.43. The summed E-state index contributed by atoms with van der Waals surface area (Å²) in [5.74, 6) is -0.760. The van der Waals surface area contributed by atoms with Crippen molar-refractivity contribution in [2.75, 3.05) is 19.8 Å². The molecule has 2 aliphatic rings. The Balaban J connectivity index is 1.88. The highest BCUT2D eigenvalue weighted by Gasteiger charge is 2.52. The minimum atomic E-state index is -1.82. The molecule has 2 fully saturated rings. The molecule has 0 radical (unpaired) electrons. The first-order valence-corrected chi connectivity index (χ1v) is 28.5. The number of hydrogen-bond donors (Lipinski definition) is 11. The van der Waals surface area contributed by atoms with Crippen molar-refractivity contribution in [2.45, 2.75) is 318 Å². The van der Waals surface area contributed by atoms with Gasteiger partial charge in [0, 0.05) is 0 Å². The highest BCUT2D eigenvalue weighted by Crippen LogP contribution is 2.31. The van der Waals surface area contributed by atoms with E-state index in [1.807, 2.05) is 0 Å². The average molecular weight is 1010 g/mol. The third kappa shape index (κ3) is 26.9. The van der Waals surface area contributed by atoms with E-state index < -0.39 is 111 Å². The largest absolute Gasteiger partial charge is 0.394 e. The first-order chi connectivity index (χ1) is 33.9. The van der Waals surface area contributed by atoms with Gasteiger partial charge in [-0.25, -0.2) is 0 Å². The van der Waals surface area contributed by atoms with Crippen molar-refractivity contribution in [3.63, 3.8) is 0 Å². The Morgan fingerprint density at radius 2 is 0.929 bits per heavy atom. The van der Waals surface area contributed by atoms with Gasteiger partial charge in [-0.3, -0.25) is 4.79 Å². The summed E-state index contributed by atoms with van der Waals surface area (Å²) < 4.78 is 22.6. The number of carbonyl (C=O) groups is 1. The van der Waals surface area contributed by atoms with Crippen LogP contribution in [-0.4, -0.2) is 163 Å². The Bertz CT molecular complexity index is 1220. The van der Waals surface area contributed by atoms with Crippen LogP contribution in [0.25, 0.3) is 0 Å². The molecular formula is C54H105NO15. The second-order valence-electron chi connectivity index (χ2n) is 20.7. The number of aliphatic hydroxyl groups excluding tert-OH is 10. The normalized spacial score (nSPS) is 26.0. The van der Waals surface area contributed by atoms with E-state index in [4.69, 9.17) is 18.9 Å². The van der Waals surface area contributed by atoms with Gasteiger partial charge in [-0.2, -0.15) is 0 Å². The van der Waals surface area contributed by atoms with Crippen LogP contribution < -0.4 is 5.32 Å². The Labute approximate surface area is 422 Å². The van der Waals surface area contributed by atoms with Crippen LogP contribution >= 0.6 is 0 Å². The molecule has 0 spiro atoms. The molecule has 16 nitrogen and oxygen atoms in total. The zero-order chi connectivity index (χ0) is 51.4. The van der Waals surface area contributed by atoms with Crippen molar-refractivity contribution < 1.29 is 74.8 Å². The van der Waals surface area contributed by atoms with E-state index in [-0.39, 0.29) is 12.8 Å². The number of rotatable bonds is 46. The predicted octanol–water partition coefficient (Wildman–Crippen LogP) is 6.50. The molecule has 416 valence electrons. The van der Waals surface area contributed by atoms with Crippen molar-refractivity contribution in [3.05, 3.63) is 0 Å². The summed E-state index contributed by atoms with van der Waals surface area (Å²) in [6.07, 6.45) is 18.3. The average Bonchev–Trinajstić information content (AvgIpc) is 3.64.